The molecule has 0 saturated carbocycles. The Balaban J connectivity index is 2.87. The highest BCUT2D eigenvalue weighted by Crippen LogP contribution is 2.17. The summed E-state index contributed by atoms with van der Waals surface area (Å²) >= 11 is 0. The van der Waals surface area contributed by atoms with Crippen molar-refractivity contribution in [3.8, 4) is 0 Å². The van der Waals surface area contributed by atoms with E-state index in [1.54, 1.807) is 11.8 Å². The van der Waals surface area contributed by atoms with E-state index < -0.39 is 5.82 Å². The maximum Gasteiger partial charge on any atom is 0.325 e. The molecule has 5 heteroatoms. The number of pyridine rings is 1. The maximum atomic E-state index is 13.6. The van der Waals surface area contributed by atoms with Gasteiger partial charge in [-0.25, -0.2) is 9.37 Å². The van der Waals surface area contributed by atoms with Crippen LogP contribution in [0.25, 0.3) is 0 Å². The van der Waals surface area contributed by atoms with E-state index in [-0.39, 0.29) is 24.4 Å². The van der Waals surface area contributed by atoms with Gasteiger partial charge in [-0.1, -0.05) is 0 Å². The monoisotopic (exact) mass is 240 g/mol. The molecule has 1 aromatic heterocycles. The average molecular weight is 240 g/mol. The molecule has 0 saturated heterocycles. The highest BCUT2D eigenvalue weighted by molar-refractivity contribution is 5.75. The second kappa shape index (κ2) is 6.18. The normalized spacial score (nSPS) is 10.4. The molecule has 0 atom stereocenters. The van der Waals surface area contributed by atoms with Crippen molar-refractivity contribution >= 4 is 11.8 Å². The quantitative estimate of drug-likeness (QED) is 0.738. The van der Waals surface area contributed by atoms with Crippen LogP contribution in [-0.4, -0.2) is 30.1 Å². The van der Waals surface area contributed by atoms with Gasteiger partial charge in [-0.2, -0.15) is 0 Å². The number of nitrogens with zero attached hydrogens (tertiary/aromatic N) is 2. The van der Waals surface area contributed by atoms with Gasteiger partial charge in [0.2, 0.25) is 0 Å². The molecule has 0 aliphatic rings. The molecule has 0 aliphatic carbocycles. The van der Waals surface area contributed by atoms with E-state index in [0.717, 1.165) is 0 Å². The topological polar surface area (TPSA) is 42.4 Å². The van der Waals surface area contributed by atoms with E-state index in [2.05, 4.69) is 4.98 Å². The Bertz CT molecular complexity index is 383. The first-order valence-electron chi connectivity index (χ1n) is 5.59. The Morgan fingerprint density at radius 2 is 2.29 bits per heavy atom. The lowest BCUT2D eigenvalue weighted by Crippen LogP contribution is -2.37. The molecule has 1 heterocycles. The number of anilines is 1. The minimum atomic E-state index is -0.439. The summed E-state index contributed by atoms with van der Waals surface area (Å²) in [6, 6.07) is 2.80. The van der Waals surface area contributed by atoms with Gasteiger partial charge in [0.25, 0.3) is 0 Å². The Hall–Kier alpha value is -1.65. The third kappa shape index (κ3) is 3.69. The number of aromatic nitrogens is 1. The smallest absolute Gasteiger partial charge is 0.325 e. The first kappa shape index (κ1) is 13.4. The molecule has 0 bridgehead atoms. The number of carbonyl (C=O) groups excluding carboxylic acids is 1. The van der Waals surface area contributed by atoms with E-state index in [4.69, 9.17) is 4.74 Å². The molecule has 1 aromatic rings. The zero-order valence-corrected chi connectivity index (χ0v) is 10.3. The van der Waals surface area contributed by atoms with Crippen LogP contribution in [0.15, 0.2) is 18.3 Å². The second-order valence-corrected chi connectivity index (χ2v) is 3.84. The largest absolute Gasteiger partial charge is 0.465 e. The highest BCUT2D eigenvalue weighted by Gasteiger charge is 2.19. The second-order valence-electron chi connectivity index (χ2n) is 3.84. The van der Waals surface area contributed by atoms with E-state index in [0.29, 0.717) is 6.61 Å². The van der Waals surface area contributed by atoms with Gasteiger partial charge in [-0.3, -0.25) is 4.79 Å². The van der Waals surface area contributed by atoms with E-state index in [1.807, 2.05) is 13.8 Å². The van der Waals surface area contributed by atoms with Crippen molar-refractivity contribution in [2.75, 3.05) is 18.1 Å². The molecule has 0 fully saturated rings. The van der Waals surface area contributed by atoms with Gasteiger partial charge in [-0.15, -0.1) is 0 Å². The summed E-state index contributed by atoms with van der Waals surface area (Å²) in [7, 11) is 0. The van der Waals surface area contributed by atoms with Gasteiger partial charge in [0.05, 0.1) is 6.61 Å². The Morgan fingerprint density at radius 1 is 1.59 bits per heavy atom. The molecule has 17 heavy (non-hydrogen) atoms. The third-order valence-electron chi connectivity index (χ3n) is 2.24. The summed E-state index contributed by atoms with van der Waals surface area (Å²) in [5.74, 6) is -0.646. The van der Waals surface area contributed by atoms with Crippen LogP contribution in [0.3, 0.4) is 0 Å². The van der Waals surface area contributed by atoms with Crippen LogP contribution in [-0.2, 0) is 9.53 Å². The summed E-state index contributed by atoms with van der Waals surface area (Å²) in [5.41, 5.74) is 0. The van der Waals surface area contributed by atoms with Gasteiger partial charge in [-0.05, 0) is 32.9 Å². The van der Waals surface area contributed by atoms with Gasteiger partial charge in [0, 0.05) is 12.2 Å². The Kier molecular flexibility index (Phi) is 4.87. The van der Waals surface area contributed by atoms with Crippen molar-refractivity contribution in [1.29, 1.82) is 0 Å². The molecule has 0 spiro atoms. The number of ether oxygens (including phenoxy) is 1. The van der Waals surface area contributed by atoms with Crippen molar-refractivity contribution in [3.05, 3.63) is 24.1 Å². The van der Waals surface area contributed by atoms with Crippen LogP contribution >= 0.6 is 0 Å². The fourth-order valence-corrected chi connectivity index (χ4v) is 1.44. The van der Waals surface area contributed by atoms with Gasteiger partial charge < -0.3 is 9.64 Å². The van der Waals surface area contributed by atoms with Crippen molar-refractivity contribution in [2.45, 2.75) is 26.8 Å². The lowest BCUT2D eigenvalue weighted by atomic mass is 10.3. The number of carbonyl (C=O) groups is 1. The van der Waals surface area contributed by atoms with Crippen LogP contribution in [0.4, 0.5) is 10.2 Å². The molecule has 0 N–H and O–H groups in total. The number of hydrogen-bond donors (Lipinski definition) is 0. The first-order valence-corrected chi connectivity index (χ1v) is 5.59. The molecule has 94 valence electrons. The zero-order chi connectivity index (χ0) is 12.8. The van der Waals surface area contributed by atoms with Crippen LogP contribution in [0.1, 0.15) is 20.8 Å². The molecular formula is C12H17FN2O2. The highest BCUT2D eigenvalue weighted by atomic mass is 19.1. The number of esters is 1. The zero-order valence-electron chi connectivity index (χ0n) is 10.3. The molecule has 0 aliphatic heterocycles. The summed E-state index contributed by atoms with van der Waals surface area (Å²) in [6.07, 6.45) is 1.50. The Morgan fingerprint density at radius 3 is 2.82 bits per heavy atom. The minimum absolute atomic E-state index is 0.000556. The fraction of sp³-hybridized carbons (Fsp3) is 0.500. The summed E-state index contributed by atoms with van der Waals surface area (Å²) in [6.45, 7) is 5.79. The van der Waals surface area contributed by atoms with Crippen molar-refractivity contribution in [1.82, 2.24) is 4.98 Å². The lowest BCUT2D eigenvalue weighted by molar-refractivity contribution is -0.141. The van der Waals surface area contributed by atoms with Crippen molar-refractivity contribution in [3.63, 3.8) is 0 Å². The minimum Gasteiger partial charge on any atom is -0.465 e. The van der Waals surface area contributed by atoms with Crippen LogP contribution in [0.5, 0.6) is 0 Å². The molecule has 0 aromatic carbocycles. The summed E-state index contributed by atoms with van der Waals surface area (Å²) < 4.78 is 18.4. The summed E-state index contributed by atoms with van der Waals surface area (Å²) in [5, 5.41) is 0. The van der Waals surface area contributed by atoms with E-state index >= 15 is 0 Å². The number of hydrogen-bond acceptors (Lipinski definition) is 4. The third-order valence-corrected chi connectivity index (χ3v) is 2.24. The van der Waals surface area contributed by atoms with Crippen LogP contribution in [0.2, 0.25) is 0 Å². The Labute approximate surface area is 100 Å². The molecule has 0 amide bonds. The predicted molar refractivity (Wildman–Crippen MR) is 63.3 cm³/mol. The first-order chi connectivity index (χ1) is 8.06. The van der Waals surface area contributed by atoms with Crippen LogP contribution < -0.4 is 4.90 Å². The van der Waals surface area contributed by atoms with Crippen molar-refractivity contribution < 1.29 is 13.9 Å². The predicted octanol–water partition coefficient (Wildman–Crippen LogP) is 2.00. The van der Waals surface area contributed by atoms with E-state index in [9.17, 15) is 9.18 Å². The lowest BCUT2D eigenvalue weighted by Gasteiger charge is -2.26. The maximum absolute atomic E-state index is 13.6. The standard InChI is InChI=1S/C12H17FN2O2/c1-4-17-11(16)8-15(9(2)3)12-10(13)6-5-7-14-12/h5-7,9H,4,8H2,1-3H3. The molecule has 0 radical (unpaired) electrons. The van der Waals surface area contributed by atoms with Gasteiger partial charge in [0.1, 0.15) is 6.54 Å². The molecule has 4 nitrogen and oxygen atoms in total. The number of halogens is 1. The van der Waals surface area contributed by atoms with Crippen molar-refractivity contribution in [2.24, 2.45) is 0 Å². The molecular weight excluding hydrogens is 223 g/mol. The number of rotatable bonds is 5. The summed E-state index contributed by atoms with van der Waals surface area (Å²) in [4.78, 5) is 17.0. The van der Waals surface area contributed by atoms with Crippen LogP contribution in [0, 0.1) is 5.82 Å². The fourth-order valence-electron chi connectivity index (χ4n) is 1.44. The van der Waals surface area contributed by atoms with Gasteiger partial charge in [0.15, 0.2) is 11.6 Å². The SMILES string of the molecule is CCOC(=O)CN(c1ncccc1F)C(C)C. The average Bonchev–Trinajstić information content (AvgIpc) is 2.27. The van der Waals surface area contributed by atoms with Gasteiger partial charge >= 0.3 is 5.97 Å². The molecule has 0 unspecified atom stereocenters. The van der Waals surface area contributed by atoms with E-state index in [1.165, 1.54) is 18.3 Å². The molecule has 1 rings (SSSR count).